The predicted molar refractivity (Wildman–Crippen MR) is 74.1 cm³/mol. The van der Waals surface area contributed by atoms with Gasteiger partial charge >= 0.3 is 0 Å². The number of nitrogens with zero attached hydrogens (tertiary/aromatic N) is 1. The van der Waals surface area contributed by atoms with Gasteiger partial charge in [0.2, 0.25) is 5.91 Å². The number of fused-ring (bicyclic) bond motifs is 1. The van der Waals surface area contributed by atoms with E-state index < -0.39 is 10.8 Å². The first-order valence-electron chi connectivity index (χ1n) is 5.98. The topological polar surface area (TPSA) is 49.4 Å². The van der Waals surface area contributed by atoms with Gasteiger partial charge in [0.1, 0.15) is 0 Å². The van der Waals surface area contributed by atoms with E-state index in [4.69, 9.17) is 0 Å². The van der Waals surface area contributed by atoms with Gasteiger partial charge in [0.25, 0.3) is 0 Å². The molecule has 1 amide bonds. The molecule has 1 N–H and O–H groups in total. The van der Waals surface area contributed by atoms with Crippen LogP contribution in [0.5, 0.6) is 0 Å². The van der Waals surface area contributed by atoms with Gasteiger partial charge in [-0.05, 0) is 11.6 Å². The predicted octanol–water partition coefficient (Wildman–Crippen LogP) is 1.06. The van der Waals surface area contributed by atoms with Crippen LogP contribution in [0.3, 0.4) is 0 Å². The number of carbonyl (C=O) groups excluding carboxylic acids is 1. The van der Waals surface area contributed by atoms with Crippen LogP contribution < -0.4 is 10.2 Å². The Hall–Kier alpha value is -1.20. The summed E-state index contributed by atoms with van der Waals surface area (Å²) in [5.74, 6) is 0.728. The summed E-state index contributed by atoms with van der Waals surface area (Å²) in [5.41, 5.74) is 2.10. The Balaban J connectivity index is 2.14. The van der Waals surface area contributed by atoms with E-state index in [9.17, 15) is 9.00 Å². The van der Waals surface area contributed by atoms with Crippen LogP contribution in [0.15, 0.2) is 24.3 Å². The molecular formula is C13H18N2O2S. The lowest BCUT2D eigenvalue weighted by Crippen LogP contribution is -2.38. The van der Waals surface area contributed by atoms with Gasteiger partial charge in [-0.15, -0.1) is 0 Å². The molecule has 2 atom stereocenters. The molecule has 98 valence electrons. The fourth-order valence-electron chi connectivity index (χ4n) is 2.20. The third kappa shape index (κ3) is 2.79. The number of nitrogens with one attached hydrogen (secondary N) is 1. The van der Waals surface area contributed by atoms with E-state index in [0.29, 0.717) is 18.7 Å². The maximum atomic E-state index is 11.9. The normalized spacial score (nSPS) is 20.7. The molecular weight excluding hydrogens is 248 g/mol. The molecule has 0 spiro atoms. The number of para-hydroxylation sites is 1. The molecule has 4 nitrogen and oxygen atoms in total. The maximum Gasteiger partial charge on any atom is 0.228 e. The summed E-state index contributed by atoms with van der Waals surface area (Å²) >= 11 is 0. The van der Waals surface area contributed by atoms with Crippen LogP contribution in [0.4, 0.5) is 5.69 Å². The van der Waals surface area contributed by atoms with Crippen molar-refractivity contribution in [2.45, 2.75) is 12.5 Å². The molecule has 1 aliphatic heterocycles. The summed E-state index contributed by atoms with van der Waals surface area (Å²) in [5, 5.41) is 3.32. The fraction of sp³-hybridized carbons (Fsp3) is 0.462. The summed E-state index contributed by atoms with van der Waals surface area (Å²) in [7, 11) is 1.00. The Bertz CT molecular complexity index is 476. The van der Waals surface area contributed by atoms with Crippen LogP contribution >= 0.6 is 0 Å². The molecule has 0 saturated carbocycles. The Morgan fingerprint density at radius 2 is 2.17 bits per heavy atom. The highest BCUT2D eigenvalue weighted by Crippen LogP contribution is 2.33. The Morgan fingerprint density at radius 3 is 2.89 bits per heavy atom. The highest BCUT2D eigenvalue weighted by atomic mass is 32.2. The third-order valence-corrected chi connectivity index (χ3v) is 3.99. The lowest BCUT2D eigenvalue weighted by atomic mass is 9.96. The monoisotopic (exact) mass is 266 g/mol. The minimum atomic E-state index is -0.801. The zero-order valence-corrected chi connectivity index (χ0v) is 11.5. The van der Waals surface area contributed by atoms with Gasteiger partial charge in [-0.25, -0.2) is 0 Å². The van der Waals surface area contributed by atoms with Crippen molar-refractivity contribution in [3.63, 3.8) is 0 Å². The largest absolute Gasteiger partial charge is 0.315 e. The van der Waals surface area contributed by atoms with E-state index in [1.54, 1.807) is 18.2 Å². The van der Waals surface area contributed by atoms with Crippen molar-refractivity contribution in [2.75, 3.05) is 30.5 Å². The molecule has 2 rings (SSSR count). The fourth-order valence-corrected chi connectivity index (χ4v) is 2.61. The highest BCUT2D eigenvalue weighted by molar-refractivity contribution is 7.84. The van der Waals surface area contributed by atoms with Crippen molar-refractivity contribution >= 4 is 22.4 Å². The summed E-state index contributed by atoms with van der Waals surface area (Å²) in [6.07, 6.45) is 2.15. The molecule has 1 heterocycles. The van der Waals surface area contributed by atoms with Gasteiger partial charge in [0.15, 0.2) is 0 Å². The van der Waals surface area contributed by atoms with Gasteiger partial charge < -0.3 is 10.2 Å². The van der Waals surface area contributed by atoms with Crippen LogP contribution in [0.1, 0.15) is 18.0 Å². The average molecular weight is 266 g/mol. The molecule has 1 aliphatic rings. The molecule has 2 unspecified atom stereocenters. The Kier molecular flexibility index (Phi) is 4.14. The number of rotatable bonds is 4. The van der Waals surface area contributed by atoms with Gasteiger partial charge in [-0.2, -0.15) is 0 Å². The van der Waals surface area contributed by atoms with Crippen molar-refractivity contribution < 1.29 is 9.00 Å². The van der Waals surface area contributed by atoms with Gasteiger partial charge in [0, 0.05) is 54.6 Å². The number of hydrogen-bond acceptors (Lipinski definition) is 3. The molecule has 5 heteroatoms. The Morgan fingerprint density at radius 1 is 1.44 bits per heavy atom. The van der Waals surface area contributed by atoms with Crippen LogP contribution in [-0.4, -0.2) is 35.7 Å². The van der Waals surface area contributed by atoms with Crippen molar-refractivity contribution in [2.24, 2.45) is 0 Å². The van der Waals surface area contributed by atoms with Crippen LogP contribution in [0.2, 0.25) is 0 Å². The molecule has 0 aromatic heterocycles. The van der Waals surface area contributed by atoms with Crippen molar-refractivity contribution in [1.29, 1.82) is 0 Å². The molecule has 18 heavy (non-hydrogen) atoms. The maximum absolute atomic E-state index is 11.9. The standard InChI is InChI=1S/C13H18N2O2S/c1-15-12-6-4-3-5-10(12)11(9-13(15)16)14-7-8-18(2)17/h3-6,11,14H,7-9H2,1-2H3. The molecule has 0 fully saturated rings. The van der Waals surface area contributed by atoms with E-state index >= 15 is 0 Å². The number of amides is 1. The molecule has 0 radical (unpaired) electrons. The van der Waals surface area contributed by atoms with Crippen molar-refractivity contribution in [3.8, 4) is 0 Å². The van der Waals surface area contributed by atoms with E-state index in [1.165, 1.54) is 0 Å². The smallest absolute Gasteiger partial charge is 0.228 e. The zero-order valence-electron chi connectivity index (χ0n) is 10.7. The second-order valence-corrected chi connectivity index (χ2v) is 6.05. The Labute approximate surface area is 110 Å². The van der Waals surface area contributed by atoms with E-state index in [0.717, 1.165) is 11.3 Å². The van der Waals surface area contributed by atoms with Gasteiger partial charge in [0.05, 0.1) is 0 Å². The number of hydrogen-bond donors (Lipinski definition) is 1. The number of carbonyl (C=O) groups is 1. The molecule has 1 aromatic rings. The number of benzene rings is 1. The third-order valence-electron chi connectivity index (χ3n) is 3.21. The summed E-state index contributed by atoms with van der Waals surface area (Å²) in [6, 6.07) is 7.95. The summed E-state index contributed by atoms with van der Waals surface area (Å²) in [6.45, 7) is 0.666. The zero-order chi connectivity index (χ0) is 13.1. The van der Waals surface area contributed by atoms with E-state index in [2.05, 4.69) is 5.32 Å². The first kappa shape index (κ1) is 13.2. The summed E-state index contributed by atoms with van der Waals surface area (Å²) < 4.78 is 11.0. The first-order valence-corrected chi connectivity index (χ1v) is 7.71. The summed E-state index contributed by atoms with van der Waals surface area (Å²) in [4.78, 5) is 13.6. The second kappa shape index (κ2) is 5.63. The SMILES string of the molecule is CN1C(=O)CC(NCCS(C)=O)c2ccccc21. The number of anilines is 1. The highest BCUT2D eigenvalue weighted by Gasteiger charge is 2.28. The van der Waals surface area contributed by atoms with E-state index in [1.807, 2.05) is 24.3 Å². The van der Waals surface area contributed by atoms with Crippen LogP contribution in [0, 0.1) is 0 Å². The molecule has 0 bridgehead atoms. The average Bonchev–Trinajstić information content (AvgIpc) is 2.35. The molecule has 0 aliphatic carbocycles. The van der Waals surface area contributed by atoms with Crippen molar-refractivity contribution in [3.05, 3.63) is 29.8 Å². The molecule has 1 aromatic carbocycles. The molecule has 0 saturated heterocycles. The first-order chi connectivity index (χ1) is 8.59. The van der Waals surface area contributed by atoms with Gasteiger partial charge in [-0.3, -0.25) is 9.00 Å². The van der Waals surface area contributed by atoms with Crippen LogP contribution in [0.25, 0.3) is 0 Å². The second-order valence-electron chi connectivity index (χ2n) is 4.50. The minimum Gasteiger partial charge on any atom is -0.315 e. The van der Waals surface area contributed by atoms with Gasteiger partial charge in [-0.1, -0.05) is 18.2 Å². The minimum absolute atomic E-state index is 0.0356. The van der Waals surface area contributed by atoms with Crippen molar-refractivity contribution in [1.82, 2.24) is 5.32 Å². The van der Waals surface area contributed by atoms with Crippen LogP contribution in [-0.2, 0) is 15.6 Å². The lowest BCUT2D eigenvalue weighted by molar-refractivity contribution is -0.119. The quantitative estimate of drug-likeness (QED) is 0.886. The lowest BCUT2D eigenvalue weighted by Gasteiger charge is -2.32. The van der Waals surface area contributed by atoms with E-state index in [-0.39, 0.29) is 11.9 Å².